The molecule has 0 bridgehead atoms. The maximum Gasteiger partial charge on any atom is 0.222 e. The number of ether oxygens (including phenoxy) is 1. The van der Waals surface area contributed by atoms with E-state index in [4.69, 9.17) is 22.1 Å². The number of nitrogens with zero attached hydrogens (tertiary/aromatic N) is 3. The summed E-state index contributed by atoms with van der Waals surface area (Å²) in [5.41, 5.74) is 7.61. The highest BCUT2D eigenvalue weighted by Gasteiger charge is 2.29. The van der Waals surface area contributed by atoms with Gasteiger partial charge in [0, 0.05) is 18.3 Å². The second kappa shape index (κ2) is 6.46. The van der Waals surface area contributed by atoms with E-state index in [1.165, 1.54) is 5.56 Å². The quantitative estimate of drug-likeness (QED) is 0.897. The average molecular weight is 320 g/mol. The van der Waals surface area contributed by atoms with Crippen molar-refractivity contribution in [2.75, 3.05) is 24.3 Å². The van der Waals surface area contributed by atoms with Crippen LogP contribution >= 0.6 is 11.6 Å². The highest BCUT2D eigenvalue weighted by molar-refractivity contribution is 6.33. The fraction of sp³-hybridized carbons (Fsp3) is 0.400. The van der Waals surface area contributed by atoms with Gasteiger partial charge in [0.2, 0.25) is 5.95 Å². The van der Waals surface area contributed by atoms with Crippen molar-refractivity contribution in [3.8, 4) is 0 Å². The summed E-state index contributed by atoms with van der Waals surface area (Å²) < 4.78 is 5.62. The van der Waals surface area contributed by atoms with Gasteiger partial charge in [-0.3, -0.25) is 4.98 Å². The van der Waals surface area contributed by atoms with Crippen molar-refractivity contribution < 1.29 is 4.74 Å². The first-order valence-corrected chi connectivity index (χ1v) is 7.54. The van der Waals surface area contributed by atoms with Crippen molar-refractivity contribution in [3.05, 3.63) is 40.8 Å². The van der Waals surface area contributed by atoms with Gasteiger partial charge in [-0.25, -0.2) is 4.98 Å². The smallest absolute Gasteiger partial charge is 0.222 e. The lowest BCUT2D eigenvalue weighted by molar-refractivity contribution is 0.185. The summed E-state index contributed by atoms with van der Waals surface area (Å²) in [6.07, 6.45) is 4.52. The number of halogens is 1. The van der Waals surface area contributed by atoms with Crippen molar-refractivity contribution in [3.63, 3.8) is 0 Å². The lowest BCUT2D eigenvalue weighted by Gasteiger charge is -2.20. The predicted molar refractivity (Wildman–Crippen MR) is 85.9 cm³/mol. The van der Waals surface area contributed by atoms with E-state index >= 15 is 0 Å². The molecule has 1 aliphatic rings. The maximum atomic E-state index is 6.26. The molecule has 22 heavy (non-hydrogen) atoms. The van der Waals surface area contributed by atoms with Gasteiger partial charge in [-0.2, -0.15) is 4.98 Å². The Morgan fingerprint density at radius 2 is 2.09 bits per heavy atom. The van der Waals surface area contributed by atoms with Gasteiger partial charge in [-0.15, -0.1) is 0 Å². The molecule has 0 radical (unpaired) electrons. The Kier molecular flexibility index (Phi) is 4.40. The van der Waals surface area contributed by atoms with Crippen LogP contribution in [0.1, 0.15) is 11.3 Å². The second-order valence-corrected chi connectivity index (χ2v) is 5.82. The number of nitrogens with two attached hydrogens (primary N) is 1. The predicted octanol–water partition coefficient (Wildman–Crippen LogP) is 2.09. The van der Waals surface area contributed by atoms with Crippen LogP contribution in [0.2, 0.25) is 5.02 Å². The Balaban J connectivity index is 1.74. The molecular formula is C15H18ClN5O. The molecule has 3 rings (SSSR count). The average Bonchev–Trinajstić information content (AvgIpc) is 2.92. The first-order valence-electron chi connectivity index (χ1n) is 7.16. The minimum atomic E-state index is 0.138. The lowest BCUT2D eigenvalue weighted by Crippen LogP contribution is -2.30. The number of anilines is 2. The molecular weight excluding hydrogens is 302 g/mol. The Labute approximate surface area is 134 Å². The van der Waals surface area contributed by atoms with Gasteiger partial charge in [0.15, 0.2) is 5.82 Å². The molecule has 3 heterocycles. The van der Waals surface area contributed by atoms with Gasteiger partial charge < -0.3 is 15.8 Å². The highest BCUT2D eigenvalue weighted by Crippen LogP contribution is 2.27. The Hall–Kier alpha value is -1.92. The van der Waals surface area contributed by atoms with E-state index in [-0.39, 0.29) is 12.0 Å². The van der Waals surface area contributed by atoms with Crippen LogP contribution in [-0.4, -0.2) is 34.2 Å². The summed E-state index contributed by atoms with van der Waals surface area (Å²) in [5, 5.41) is 3.86. The molecule has 1 aliphatic heterocycles. The van der Waals surface area contributed by atoms with Gasteiger partial charge in [0.1, 0.15) is 5.02 Å². The molecule has 2 aromatic heterocycles. The normalized spacial score (nSPS) is 21.0. The number of nitrogen functional groups attached to an aromatic ring is 1. The molecule has 7 heteroatoms. The fourth-order valence-electron chi connectivity index (χ4n) is 2.63. The molecule has 1 saturated heterocycles. The maximum absolute atomic E-state index is 6.26. The molecule has 0 aromatic carbocycles. The molecule has 6 nitrogen and oxygen atoms in total. The number of rotatable bonds is 4. The van der Waals surface area contributed by atoms with Gasteiger partial charge in [0.25, 0.3) is 0 Å². The Morgan fingerprint density at radius 1 is 1.32 bits per heavy atom. The molecule has 2 aromatic rings. The van der Waals surface area contributed by atoms with Crippen LogP contribution in [0.15, 0.2) is 24.5 Å². The van der Waals surface area contributed by atoms with Crippen molar-refractivity contribution in [2.24, 2.45) is 5.92 Å². The molecule has 0 aliphatic carbocycles. The molecule has 0 amide bonds. The van der Waals surface area contributed by atoms with E-state index in [0.717, 1.165) is 6.42 Å². The minimum absolute atomic E-state index is 0.138. The molecule has 2 atom stereocenters. The number of aryl methyl sites for hydroxylation is 1. The first-order chi connectivity index (χ1) is 10.6. The zero-order valence-electron chi connectivity index (χ0n) is 12.3. The molecule has 116 valence electrons. The summed E-state index contributed by atoms with van der Waals surface area (Å²) in [4.78, 5) is 12.3. The number of hydrogen-bond donors (Lipinski definition) is 2. The Morgan fingerprint density at radius 3 is 2.86 bits per heavy atom. The van der Waals surface area contributed by atoms with E-state index in [9.17, 15) is 0 Å². The van der Waals surface area contributed by atoms with Crippen molar-refractivity contribution in [2.45, 2.75) is 19.4 Å². The number of pyridine rings is 1. The third kappa shape index (κ3) is 3.28. The van der Waals surface area contributed by atoms with Crippen LogP contribution < -0.4 is 11.1 Å². The summed E-state index contributed by atoms with van der Waals surface area (Å²) in [7, 11) is 0. The lowest BCUT2D eigenvalue weighted by atomic mass is 9.95. The van der Waals surface area contributed by atoms with Gasteiger partial charge in [0.05, 0.1) is 24.9 Å². The zero-order valence-corrected chi connectivity index (χ0v) is 13.0. The summed E-state index contributed by atoms with van der Waals surface area (Å²) in [5.74, 6) is 1.13. The van der Waals surface area contributed by atoms with Crippen molar-refractivity contribution >= 4 is 23.4 Å². The van der Waals surface area contributed by atoms with E-state index < -0.39 is 0 Å². The third-order valence-corrected chi connectivity index (χ3v) is 4.25. The van der Waals surface area contributed by atoms with Gasteiger partial charge >= 0.3 is 0 Å². The van der Waals surface area contributed by atoms with Gasteiger partial charge in [-0.1, -0.05) is 11.6 Å². The third-order valence-electron chi connectivity index (χ3n) is 3.80. The van der Waals surface area contributed by atoms with E-state index in [0.29, 0.717) is 35.7 Å². The SMILES string of the molecule is Cc1nc(N)nc(N[C@@H]2COC[C@H]2Cc2ccncc2)c1Cl. The summed E-state index contributed by atoms with van der Waals surface area (Å²) >= 11 is 6.26. The van der Waals surface area contributed by atoms with Crippen LogP contribution in [-0.2, 0) is 11.2 Å². The van der Waals surface area contributed by atoms with E-state index in [1.807, 2.05) is 19.1 Å². The molecule has 0 saturated carbocycles. The van der Waals surface area contributed by atoms with Crippen LogP contribution in [0, 0.1) is 12.8 Å². The molecule has 0 unspecified atom stereocenters. The molecule has 3 N–H and O–H groups in total. The summed E-state index contributed by atoms with van der Waals surface area (Å²) in [6, 6.07) is 4.18. The number of hydrogen-bond acceptors (Lipinski definition) is 6. The van der Waals surface area contributed by atoms with Crippen LogP contribution in [0.4, 0.5) is 11.8 Å². The van der Waals surface area contributed by atoms with Crippen molar-refractivity contribution in [1.29, 1.82) is 0 Å². The molecule has 1 fully saturated rings. The zero-order chi connectivity index (χ0) is 15.5. The van der Waals surface area contributed by atoms with Crippen molar-refractivity contribution in [1.82, 2.24) is 15.0 Å². The number of nitrogens with one attached hydrogen (secondary N) is 1. The van der Waals surface area contributed by atoms with E-state index in [1.54, 1.807) is 12.4 Å². The Bertz CT molecular complexity index is 652. The standard InChI is InChI=1S/C15H18ClN5O/c1-9-13(16)14(21-15(17)19-9)20-12-8-22-7-11(12)6-10-2-4-18-5-3-10/h2-5,11-12H,6-8H2,1H3,(H3,17,19,20,21)/t11-,12-/m1/s1. The second-order valence-electron chi connectivity index (χ2n) is 5.44. The topological polar surface area (TPSA) is 86.0 Å². The highest BCUT2D eigenvalue weighted by atomic mass is 35.5. The van der Waals surface area contributed by atoms with E-state index in [2.05, 4.69) is 20.3 Å². The minimum Gasteiger partial charge on any atom is -0.379 e. The summed E-state index contributed by atoms with van der Waals surface area (Å²) in [6.45, 7) is 3.14. The van der Waals surface area contributed by atoms with Gasteiger partial charge in [-0.05, 0) is 31.0 Å². The first kappa shape index (κ1) is 15.0. The largest absolute Gasteiger partial charge is 0.379 e. The van der Waals surface area contributed by atoms with Crippen LogP contribution in [0.5, 0.6) is 0 Å². The number of aromatic nitrogens is 3. The fourth-order valence-corrected chi connectivity index (χ4v) is 2.77. The van der Waals surface area contributed by atoms with Crippen LogP contribution in [0.25, 0.3) is 0 Å². The monoisotopic (exact) mass is 319 g/mol. The van der Waals surface area contributed by atoms with Crippen LogP contribution in [0.3, 0.4) is 0 Å². The molecule has 0 spiro atoms.